The molecule has 4 rings (SSSR count). The van der Waals surface area contributed by atoms with E-state index in [2.05, 4.69) is 9.97 Å². The topological polar surface area (TPSA) is 82.0 Å². The molecule has 6 heteroatoms. The predicted octanol–water partition coefficient (Wildman–Crippen LogP) is 2.34. The largest absolute Gasteiger partial charge is 0.471 e. The van der Waals surface area contributed by atoms with Crippen LogP contribution in [0.1, 0.15) is 16.1 Å². The van der Waals surface area contributed by atoms with E-state index in [9.17, 15) is 4.79 Å². The summed E-state index contributed by atoms with van der Waals surface area (Å²) >= 11 is 0. The van der Waals surface area contributed by atoms with Gasteiger partial charge in [0, 0.05) is 23.2 Å². The van der Waals surface area contributed by atoms with Crippen LogP contribution >= 0.6 is 0 Å². The molecule has 1 N–H and O–H groups in total. The van der Waals surface area contributed by atoms with Crippen LogP contribution in [0.5, 0.6) is 5.88 Å². The summed E-state index contributed by atoms with van der Waals surface area (Å²) in [5, 5.41) is 9.90. The SMILES string of the molecule is N#Cc1ccnc(OC2CN(C(=O)c3cc4ccccc4[nH]3)C2)c1. The van der Waals surface area contributed by atoms with E-state index in [1.165, 1.54) is 0 Å². The Morgan fingerprint density at radius 2 is 2.12 bits per heavy atom. The second-order valence-electron chi connectivity index (χ2n) is 5.71. The first kappa shape index (κ1) is 14.3. The second kappa shape index (κ2) is 5.70. The lowest BCUT2D eigenvalue weighted by atomic mass is 10.1. The zero-order valence-corrected chi connectivity index (χ0v) is 12.8. The first-order valence-electron chi connectivity index (χ1n) is 7.63. The lowest BCUT2D eigenvalue weighted by Crippen LogP contribution is -2.56. The van der Waals surface area contributed by atoms with Gasteiger partial charge < -0.3 is 14.6 Å². The summed E-state index contributed by atoms with van der Waals surface area (Å²) in [4.78, 5) is 21.4. The molecule has 1 aliphatic heterocycles. The molecule has 0 atom stereocenters. The van der Waals surface area contributed by atoms with E-state index in [-0.39, 0.29) is 12.0 Å². The Morgan fingerprint density at radius 1 is 1.29 bits per heavy atom. The number of para-hydroxylation sites is 1. The van der Waals surface area contributed by atoms with Gasteiger partial charge in [0.1, 0.15) is 11.8 Å². The number of benzene rings is 1. The Hall–Kier alpha value is -3.33. The van der Waals surface area contributed by atoms with Gasteiger partial charge in [-0.05, 0) is 18.2 Å². The molecule has 0 saturated carbocycles. The third-order valence-corrected chi connectivity index (χ3v) is 4.05. The molecule has 1 amide bonds. The summed E-state index contributed by atoms with van der Waals surface area (Å²) in [7, 11) is 0. The molecule has 24 heavy (non-hydrogen) atoms. The van der Waals surface area contributed by atoms with Gasteiger partial charge in [0.2, 0.25) is 5.88 Å². The van der Waals surface area contributed by atoms with Crippen LogP contribution in [0, 0.1) is 11.3 Å². The molecule has 0 spiro atoms. The van der Waals surface area contributed by atoms with Gasteiger partial charge in [0.25, 0.3) is 5.91 Å². The average molecular weight is 318 g/mol. The fourth-order valence-electron chi connectivity index (χ4n) is 2.75. The van der Waals surface area contributed by atoms with Gasteiger partial charge in [0.15, 0.2) is 0 Å². The van der Waals surface area contributed by atoms with Crippen LogP contribution in [0.4, 0.5) is 0 Å². The lowest BCUT2D eigenvalue weighted by molar-refractivity contribution is 0.0156. The predicted molar refractivity (Wildman–Crippen MR) is 87.6 cm³/mol. The number of nitrogens with zero attached hydrogens (tertiary/aromatic N) is 3. The Labute approximate surface area is 138 Å². The van der Waals surface area contributed by atoms with Crippen molar-refractivity contribution in [2.45, 2.75) is 6.10 Å². The van der Waals surface area contributed by atoms with Gasteiger partial charge in [-0.15, -0.1) is 0 Å². The smallest absolute Gasteiger partial charge is 0.270 e. The maximum Gasteiger partial charge on any atom is 0.270 e. The highest BCUT2D eigenvalue weighted by Crippen LogP contribution is 2.21. The summed E-state index contributed by atoms with van der Waals surface area (Å²) in [6, 6.07) is 14.9. The minimum atomic E-state index is -0.0974. The lowest BCUT2D eigenvalue weighted by Gasteiger charge is -2.38. The summed E-state index contributed by atoms with van der Waals surface area (Å²) in [5.74, 6) is 0.376. The Balaban J connectivity index is 1.40. The summed E-state index contributed by atoms with van der Waals surface area (Å²) in [5.41, 5.74) is 2.04. The molecule has 1 aliphatic rings. The minimum absolute atomic E-state index is 0.0372. The fourth-order valence-corrected chi connectivity index (χ4v) is 2.75. The molecule has 3 heterocycles. The van der Waals surface area contributed by atoms with Crippen LogP contribution in [0.25, 0.3) is 10.9 Å². The number of fused-ring (bicyclic) bond motifs is 1. The molecule has 2 aromatic heterocycles. The van der Waals surface area contributed by atoms with Crippen molar-refractivity contribution >= 4 is 16.8 Å². The van der Waals surface area contributed by atoms with Crippen molar-refractivity contribution in [3.63, 3.8) is 0 Å². The fraction of sp³-hybridized carbons (Fsp3) is 0.167. The quantitative estimate of drug-likeness (QED) is 0.803. The molecule has 1 saturated heterocycles. The number of aromatic amines is 1. The molecular formula is C18H14N4O2. The molecule has 0 aliphatic carbocycles. The van der Waals surface area contributed by atoms with Gasteiger partial charge >= 0.3 is 0 Å². The van der Waals surface area contributed by atoms with Crippen molar-refractivity contribution in [3.8, 4) is 11.9 Å². The third-order valence-electron chi connectivity index (χ3n) is 4.05. The monoisotopic (exact) mass is 318 g/mol. The van der Waals surface area contributed by atoms with Crippen LogP contribution in [-0.4, -0.2) is 40.0 Å². The van der Waals surface area contributed by atoms with Crippen molar-refractivity contribution in [2.75, 3.05) is 13.1 Å². The molecule has 1 aromatic carbocycles. The third kappa shape index (κ3) is 2.57. The number of hydrogen-bond acceptors (Lipinski definition) is 4. The van der Waals surface area contributed by atoms with E-state index in [4.69, 9.17) is 10.00 Å². The van der Waals surface area contributed by atoms with E-state index in [1.807, 2.05) is 36.4 Å². The zero-order valence-electron chi connectivity index (χ0n) is 12.8. The number of ether oxygens (including phenoxy) is 1. The highest BCUT2D eigenvalue weighted by molar-refractivity contribution is 5.98. The van der Waals surface area contributed by atoms with Crippen molar-refractivity contribution in [2.24, 2.45) is 0 Å². The van der Waals surface area contributed by atoms with Crippen LogP contribution < -0.4 is 4.74 Å². The van der Waals surface area contributed by atoms with Gasteiger partial charge in [0.05, 0.1) is 24.7 Å². The van der Waals surface area contributed by atoms with Crippen molar-refractivity contribution in [1.82, 2.24) is 14.9 Å². The maximum atomic E-state index is 12.5. The highest BCUT2D eigenvalue weighted by Gasteiger charge is 2.33. The van der Waals surface area contributed by atoms with E-state index in [0.717, 1.165) is 10.9 Å². The second-order valence-corrected chi connectivity index (χ2v) is 5.71. The number of likely N-dealkylation sites (tertiary alicyclic amines) is 1. The van der Waals surface area contributed by atoms with E-state index < -0.39 is 0 Å². The molecule has 3 aromatic rings. The first-order chi connectivity index (χ1) is 11.7. The van der Waals surface area contributed by atoms with Crippen LogP contribution in [-0.2, 0) is 0 Å². The Bertz CT molecular complexity index is 918. The molecule has 0 bridgehead atoms. The first-order valence-corrected chi connectivity index (χ1v) is 7.63. The van der Waals surface area contributed by atoms with Crippen molar-refractivity contribution in [3.05, 3.63) is 59.9 Å². The molecule has 0 radical (unpaired) electrons. The number of hydrogen-bond donors (Lipinski definition) is 1. The highest BCUT2D eigenvalue weighted by atomic mass is 16.5. The Morgan fingerprint density at radius 3 is 2.92 bits per heavy atom. The molecule has 118 valence electrons. The molecule has 6 nitrogen and oxygen atoms in total. The Kier molecular flexibility index (Phi) is 3.39. The number of aromatic nitrogens is 2. The van der Waals surface area contributed by atoms with E-state index in [0.29, 0.717) is 30.2 Å². The van der Waals surface area contributed by atoms with Crippen LogP contribution in [0.2, 0.25) is 0 Å². The molecule has 1 fully saturated rings. The van der Waals surface area contributed by atoms with Crippen molar-refractivity contribution < 1.29 is 9.53 Å². The maximum absolute atomic E-state index is 12.5. The van der Waals surface area contributed by atoms with Crippen molar-refractivity contribution in [1.29, 1.82) is 5.26 Å². The number of H-pyrrole nitrogens is 1. The van der Waals surface area contributed by atoms with Crippen LogP contribution in [0.15, 0.2) is 48.7 Å². The normalized spacial score (nSPS) is 14.2. The number of nitriles is 1. The van der Waals surface area contributed by atoms with Crippen LogP contribution in [0.3, 0.4) is 0 Å². The number of rotatable bonds is 3. The summed E-state index contributed by atoms with van der Waals surface area (Å²) < 4.78 is 5.70. The number of carbonyl (C=O) groups excluding carboxylic acids is 1. The summed E-state index contributed by atoms with van der Waals surface area (Å²) in [6.45, 7) is 1.01. The van der Waals surface area contributed by atoms with Gasteiger partial charge in [-0.3, -0.25) is 4.79 Å². The number of carbonyl (C=O) groups is 1. The molecular weight excluding hydrogens is 304 g/mol. The van der Waals surface area contributed by atoms with Gasteiger partial charge in [-0.1, -0.05) is 18.2 Å². The molecule has 0 unspecified atom stereocenters. The van der Waals surface area contributed by atoms with Gasteiger partial charge in [-0.25, -0.2) is 4.98 Å². The standard InChI is InChI=1S/C18H14N4O2/c19-9-12-5-6-20-17(7-12)24-14-10-22(11-14)18(23)16-8-13-3-1-2-4-15(13)21-16/h1-8,14,21H,10-11H2. The van der Waals surface area contributed by atoms with E-state index in [1.54, 1.807) is 23.2 Å². The van der Waals surface area contributed by atoms with Gasteiger partial charge in [-0.2, -0.15) is 5.26 Å². The minimum Gasteiger partial charge on any atom is -0.471 e. The average Bonchev–Trinajstić information content (AvgIpc) is 3.01. The number of pyridine rings is 1. The zero-order chi connectivity index (χ0) is 16.5. The van der Waals surface area contributed by atoms with E-state index >= 15 is 0 Å². The summed E-state index contributed by atoms with van der Waals surface area (Å²) in [6.07, 6.45) is 1.44. The number of amides is 1. The number of nitrogens with one attached hydrogen (secondary N) is 1.